The maximum absolute atomic E-state index is 11.2. The first-order valence-electron chi connectivity index (χ1n) is 5.96. The van der Waals surface area contributed by atoms with Crippen molar-refractivity contribution >= 4 is 23.4 Å². The molecule has 0 saturated heterocycles. The van der Waals surface area contributed by atoms with Gasteiger partial charge in [0.1, 0.15) is 5.69 Å². The number of aromatic nitrogens is 2. The third-order valence-corrected chi connectivity index (χ3v) is 3.65. The van der Waals surface area contributed by atoms with Crippen molar-refractivity contribution in [3.8, 4) is 0 Å². The van der Waals surface area contributed by atoms with Gasteiger partial charge in [-0.3, -0.25) is 10.1 Å². The van der Waals surface area contributed by atoms with Gasteiger partial charge in [-0.1, -0.05) is 29.5 Å². The van der Waals surface area contributed by atoms with Gasteiger partial charge in [0, 0.05) is 11.9 Å². The SMILES string of the molecule is CNc1nc(C)c([N+](=O)[O-])c(Sc2ccc(C)cc2)n1. The van der Waals surface area contributed by atoms with Crippen LogP contribution in [-0.4, -0.2) is 21.9 Å². The molecular weight excluding hydrogens is 276 g/mol. The van der Waals surface area contributed by atoms with Gasteiger partial charge in [0.15, 0.2) is 5.03 Å². The zero-order valence-corrected chi connectivity index (χ0v) is 12.2. The highest BCUT2D eigenvalue weighted by atomic mass is 32.2. The lowest BCUT2D eigenvalue weighted by Gasteiger charge is -2.07. The predicted octanol–water partition coefficient (Wildman–Crippen LogP) is 3.19. The summed E-state index contributed by atoms with van der Waals surface area (Å²) >= 11 is 1.26. The van der Waals surface area contributed by atoms with Crippen LogP contribution >= 0.6 is 11.8 Å². The van der Waals surface area contributed by atoms with Crippen LogP contribution in [0.3, 0.4) is 0 Å². The van der Waals surface area contributed by atoms with Crippen molar-refractivity contribution in [2.45, 2.75) is 23.8 Å². The molecule has 1 N–H and O–H groups in total. The zero-order valence-electron chi connectivity index (χ0n) is 11.4. The molecule has 0 saturated carbocycles. The largest absolute Gasteiger partial charge is 0.357 e. The Kier molecular flexibility index (Phi) is 4.19. The number of nitrogens with one attached hydrogen (secondary N) is 1. The normalized spacial score (nSPS) is 10.3. The van der Waals surface area contributed by atoms with Gasteiger partial charge in [-0.25, -0.2) is 4.98 Å². The molecule has 0 bridgehead atoms. The minimum atomic E-state index is -0.439. The van der Waals surface area contributed by atoms with Gasteiger partial charge in [-0.2, -0.15) is 4.98 Å². The molecule has 20 heavy (non-hydrogen) atoms. The molecular formula is C13H14N4O2S. The molecule has 0 spiro atoms. The Labute approximate surface area is 120 Å². The maximum Gasteiger partial charge on any atom is 0.322 e. The van der Waals surface area contributed by atoms with Gasteiger partial charge in [0.2, 0.25) is 5.95 Å². The molecule has 0 radical (unpaired) electrons. The smallest absolute Gasteiger partial charge is 0.322 e. The second-order valence-corrected chi connectivity index (χ2v) is 5.27. The van der Waals surface area contributed by atoms with E-state index in [-0.39, 0.29) is 5.69 Å². The summed E-state index contributed by atoms with van der Waals surface area (Å²) in [6, 6.07) is 7.75. The van der Waals surface area contributed by atoms with Gasteiger partial charge in [-0.15, -0.1) is 0 Å². The number of nitro groups is 1. The molecule has 7 heteroatoms. The van der Waals surface area contributed by atoms with Crippen molar-refractivity contribution in [2.24, 2.45) is 0 Å². The Morgan fingerprint density at radius 3 is 2.40 bits per heavy atom. The lowest BCUT2D eigenvalue weighted by Crippen LogP contribution is -2.04. The van der Waals surface area contributed by atoms with Gasteiger partial charge in [0.25, 0.3) is 0 Å². The van der Waals surface area contributed by atoms with E-state index in [0.29, 0.717) is 16.7 Å². The van der Waals surface area contributed by atoms with Crippen LogP contribution in [0.5, 0.6) is 0 Å². The standard InChI is InChI=1S/C13H14N4O2S/c1-8-4-6-10(7-5-8)20-12-11(17(18)19)9(2)15-13(14-3)16-12/h4-7H,1-3H3,(H,14,15,16). The molecule has 6 nitrogen and oxygen atoms in total. The fourth-order valence-corrected chi connectivity index (χ4v) is 2.60. The van der Waals surface area contributed by atoms with Crippen LogP contribution in [-0.2, 0) is 0 Å². The van der Waals surface area contributed by atoms with E-state index in [9.17, 15) is 10.1 Å². The molecule has 1 aromatic carbocycles. The molecule has 0 atom stereocenters. The number of anilines is 1. The summed E-state index contributed by atoms with van der Waals surface area (Å²) in [7, 11) is 1.68. The van der Waals surface area contributed by atoms with Crippen molar-refractivity contribution < 1.29 is 4.92 Å². The Morgan fingerprint density at radius 2 is 1.85 bits per heavy atom. The number of benzene rings is 1. The van der Waals surface area contributed by atoms with E-state index >= 15 is 0 Å². The number of hydrogen-bond donors (Lipinski definition) is 1. The summed E-state index contributed by atoms with van der Waals surface area (Å²) in [5.41, 5.74) is 1.44. The van der Waals surface area contributed by atoms with E-state index in [2.05, 4.69) is 15.3 Å². The topological polar surface area (TPSA) is 81.0 Å². The van der Waals surface area contributed by atoms with Crippen molar-refractivity contribution in [1.82, 2.24) is 9.97 Å². The molecule has 1 heterocycles. The first-order chi connectivity index (χ1) is 9.51. The molecule has 0 aliphatic rings. The number of hydrogen-bond acceptors (Lipinski definition) is 6. The van der Waals surface area contributed by atoms with Crippen molar-refractivity contribution in [3.05, 3.63) is 45.6 Å². The number of nitrogens with zero attached hydrogens (tertiary/aromatic N) is 3. The van der Waals surface area contributed by atoms with Crippen LogP contribution in [0.4, 0.5) is 11.6 Å². The Morgan fingerprint density at radius 1 is 1.20 bits per heavy atom. The molecule has 2 aromatic rings. The Balaban J connectivity index is 2.45. The summed E-state index contributed by atoms with van der Waals surface area (Å²) in [5.74, 6) is 0.378. The summed E-state index contributed by atoms with van der Waals surface area (Å²) in [6.07, 6.45) is 0. The highest BCUT2D eigenvalue weighted by Gasteiger charge is 2.22. The quantitative estimate of drug-likeness (QED) is 0.529. The van der Waals surface area contributed by atoms with E-state index in [1.165, 1.54) is 11.8 Å². The number of aryl methyl sites for hydroxylation is 2. The van der Waals surface area contributed by atoms with Crippen LogP contribution in [0.2, 0.25) is 0 Å². The lowest BCUT2D eigenvalue weighted by molar-refractivity contribution is -0.389. The molecule has 0 amide bonds. The van der Waals surface area contributed by atoms with E-state index in [4.69, 9.17) is 0 Å². The van der Waals surface area contributed by atoms with Gasteiger partial charge < -0.3 is 5.32 Å². The minimum absolute atomic E-state index is 0.0467. The molecule has 2 rings (SSSR count). The van der Waals surface area contributed by atoms with E-state index < -0.39 is 4.92 Å². The summed E-state index contributed by atoms with van der Waals surface area (Å²) in [5, 5.41) is 14.3. The molecule has 1 aromatic heterocycles. The van der Waals surface area contributed by atoms with Crippen LogP contribution in [0.15, 0.2) is 34.2 Å². The first kappa shape index (κ1) is 14.3. The highest BCUT2D eigenvalue weighted by Crippen LogP contribution is 2.35. The molecule has 104 valence electrons. The van der Waals surface area contributed by atoms with E-state index in [0.717, 1.165) is 10.5 Å². The third-order valence-electron chi connectivity index (χ3n) is 2.67. The monoisotopic (exact) mass is 290 g/mol. The van der Waals surface area contributed by atoms with Crippen LogP contribution < -0.4 is 5.32 Å². The van der Waals surface area contributed by atoms with Crippen molar-refractivity contribution in [2.75, 3.05) is 12.4 Å². The van der Waals surface area contributed by atoms with Gasteiger partial charge >= 0.3 is 5.69 Å². The second-order valence-electron chi connectivity index (χ2n) is 4.21. The third kappa shape index (κ3) is 3.05. The first-order valence-corrected chi connectivity index (χ1v) is 6.78. The molecule has 0 aliphatic heterocycles. The molecule has 0 unspecified atom stereocenters. The average molecular weight is 290 g/mol. The summed E-state index contributed by atoms with van der Waals surface area (Å²) in [6.45, 7) is 3.60. The summed E-state index contributed by atoms with van der Waals surface area (Å²) < 4.78 is 0. The lowest BCUT2D eigenvalue weighted by atomic mass is 10.2. The average Bonchev–Trinajstić information content (AvgIpc) is 2.40. The second kappa shape index (κ2) is 5.87. The van der Waals surface area contributed by atoms with E-state index in [1.807, 2.05) is 31.2 Å². The zero-order chi connectivity index (χ0) is 14.7. The van der Waals surface area contributed by atoms with Gasteiger partial charge in [0.05, 0.1) is 4.92 Å². The predicted molar refractivity (Wildman–Crippen MR) is 78.3 cm³/mol. The Hall–Kier alpha value is -2.15. The van der Waals surface area contributed by atoms with Crippen LogP contribution in [0.25, 0.3) is 0 Å². The van der Waals surface area contributed by atoms with Crippen molar-refractivity contribution in [1.29, 1.82) is 0 Å². The maximum atomic E-state index is 11.2. The minimum Gasteiger partial charge on any atom is -0.357 e. The van der Waals surface area contributed by atoms with E-state index in [1.54, 1.807) is 14.0 Å². The van der Waals surface area contributed by atoms with Crippen molar-refractivity contribution in [3.63, 3.8) is 0 Å². The van der Waals surface area contributed by atoms with Crippen LogP contribution in [0.1, 0.15) is 11.3 Å². The van der Waals surface area contributed by atoms with Gasteiger partial charge in [-0.05, 0) is 26.0 Å². The molecule has 0 aliphatic carbocycles. The highest BCUT2D eigenvalue weighted by molar-refractivity contribution is 7.99. The number of rotatable bonds is 4. The van der Waals surface area contributed by atoms with Crippen LogP contribution in [0, 0.1) is 24.0 Å². The fraction of sp³-hybridized carbons (Fsp3) is 0.231. The fourth-order valence-electron chi connectivity index (χ4n) is 1.65. The molecule has 0 fully saturated rings. The summed E-state index contributed by atoms with van der Waals surface area (Å²) in [4.78, 5) is 19.9. The Bertz CT molecular complexity index is 644.